The first-order valence-corrected chi connectivity index (χ1v) is 9.80. The van der Waals surface area contributed by atoms with Gasteiger partial charge in [0.05, 0.1) is 20.4 Å². The van der Waals surface area contributed by atoms with E-state index in [1.54, 1.807) is 30.5 Å². The molecule has 0 aliphatic carbocycles. The molecule has 1 aromatic heterocycles. The third-order valence-electron chi connectivity index (χ3n) is 4.59. The Morgan fingerprint density at radius 2 is 1.67 bits per heavy atom. The van der Waals surface area contributed by atoms with Crippen LogP contribution < -0.4 is 14.9 Å². The molecular weight excluding hydrogens is 425 g/mol. The lowest BCUT2D eigenvalue weighted by molar-refractivity contribution is 0.0954. The minimum Gasteiger partial charge on any atom is -0.493 e. The van der Waals surface area contributed by atoms with Crippen LogP contribution in [0.1, 0.15) is 27.3 Å². The maximum absolute atomic E-state index is 12.4. The van der Waals surface area contributed by atoms with Gasteiger partial charge in [-0.15, -0.1) is 0 Å². The van der Waals surface area contributed by atoms with Crippen LogP contribution in [0.3, 0.4) is 0 Å². The molecule has 30 heavy (non-hydrogen) atoms. The van der Waals surface area contributed by atoms with Gasteiger partial charge in [-0.2, -0.15) is 5.10 Å². The first kappa shape index (κ1) is 21.7. The first-order chi connectivity index (χ1) is 14.3. The second-order valence-electron chi connectivity index (χ2n) is 6.56. The SMILES string of the molecule is COc1ccc(C(=O)N/N=C\c2cc(C)n(-c3cc(Cl)cc(Cl)c3)c2C)cc1OC. The third kappa shape index (κ3) is 4.61. The molecular formula is C22H21Cl2N3O3. The summed E-state index contributed by atoms with van der Waals surface area (Å²) in [5.41, 5.74) is 6.58. The molecule has 8 heteroatoms. The van der Waals surface area contributed by atoms with E-state index in [9.17, 15) is 4.79 Å². The van der Waals surface area contributed by atoms with E-state index in [1.807, 2.05) is 36.6 Å². The Hall–Kier alpha value is -2.96. The molecule has 0 saturated carbocycles. The van der Waals surface area contributed by atoms with Crippen LogP contribution in [0.2, 0.25) is 10.0 Å². The number of amides is 1. The summed E-state index contributed by atoms with van der Waals surface area (Å²) in [6.07, 6.45) is 1.60. The Morgan fingerprint density at radius 1 is 1.00 bits per heavy atom. The van der Waals surface area contributed by atoms with E-state index in [1.165, 1.54) is 14.2 Å². The van der Waals surface area contributed by atoms with Crippen LogP contribution in [0.25, 0.3) is 5.69 Å². The number of nitrogens with one attached hydrogen (secondary N) is 1. The summed E-state index contributed by atoms with van der Waals surface area (Å²) < 4.78 is 12.4. The van der Waals surface area contributed by atoms with Crippen molar-refractivity contribution in [2.75, 3.05) is 14.2 Å². The predicted molar refractivity (Wildman–Crippen MR) is 120 cm³/mol. The molecule has 1 amide bonds. The maximum atomic E-state index is 12.4. The number of nitrogens with zero attached hydrogens (tertiary/aromatic N) is 2. The lowest BCUT2D eigenvalue weighted by Crippen LogP contribution is -2.17. The summed E-state index contributed by atoms with van der Waals surface area (Å²) in [6, 6.07) is 12.2. The van der Waals surface area contributed by atoms with Gasteiger partial charge in [0.2, 0.25) is 0 Å². The predicted octanol–water partition coefficient (Wildman–Crippen LogP) is 5.18. The Labute approximate surface area is 185 Å². The highest BCUT2D eigenvalue weighted by molar-refractivity contribution is 6.34. The van der Waals surface area contributed by atoms with Gasteiger partial charge in [-0.1, -0.05) is 23.2 Å². The second-order valence-corrected chi connectivity index (χ2v) is 7.43. The smallest absolute Gasteiger partial charge is 0.271 e. The quantitative estimate of drug-likeness (QED) is 0.419. The van der Waals surface area contributed by atoms with Gasteiger partial charge >= 0.3 is 0 Å². The summed E-state index contributed by atoms with van der Waals surface area (Å²) in [5, 5.41) is 5.21. The second kappa shape index (κ2) is 9.24. The van der Waals surface area contributed by atoms with Crippen molar-refractivity contribution in [2.24, 2.45) is 5.10 Å². The van der Waals surface area contributed by atoms with Gasteiger partial charge in [-0.05, 0) is 56.3 Å². The van der Waals surface area contributed by atoms with E-state index in [4.69, 9.17) is 32.7 Å². The fraction of sp³-hybridized carbons (Fsp3) is 0.182. The first-order valence-electron chi connectivity index (χ1n) is 9.05. The maximum Gasteiger partial charge on any atom is 0.271 e. The fourth-order valence-corrected chi connectivity index (χ4v) is 3.70. The van der Waals surface area contributed by atoms with E-state index in [2.05, 4.69) is 10.5 Å². The van der Waals surface area contributed by atoms with Crippen molar-refractivity contribution in [3.05, 3.63) is 75.0 Å². The molecule has 156 valence electrons. The van der Waals surface area contributed by atoms with E-state index >= 15 is 0 Å². The number of methoxy groups -OCH3 is 2. The number of hydrogen-bond donors (Lipinski definition) is 1. The highest BCUT2D eigenvalue weighted by Gasteiger charge is 2.12. The summed E-state index contributed by atoms with van der Waals surface area (Å²) >= 11 is 12.3. The average Bonchev–Trinajstić information content (AvgIpc) is 2.99. The number of aryl methyl sites for hydroxylation is 1. The van der Waals surface area contributed by atoms with Gasteiger partial charge in [0.1, 0.15) is 0 Å². The molecule has 0 fully saturated rings. The van der Waals surface area contributed by atoms with Crippen LogP contribution in [0.5, 0.6) is 11.5 Å². The number of benzene rings is 2. The molecule has 3 aromatic rings. The van der Waals surface area contributed by atoms with Crippen molar-refractivity contribution in [1.82, 2.24) is 9.99 Å². The highest BCUT2D eigenvalue weighted by atomic mass is 35.5. The lowest BCUT2D eigenvalue weighted by atomic mass is 10.2. The molecule has 3 rings (SSSR count). The number of rotatable bonds is 6. The summed E-state index contributed by atoms with van der Waals surface area (Å²) in [7, 11) is 3.05. The number of carbonyl (C=O) groups excluding carboxylic acids is 1. The molecule has 1 N–H and O–H groups in total. The van der Waals surface area contributed by atoms with Crippen LogP contribution in [-0.4, -0.2) is 30.9 Å². The van der Waals surface area contributed by atoms with Gasteiger partial charge in [-0.25, -0.2) is 5.43 Å². The normalized spacial score (nSPS) is 11.0. The van der Waals surface area contributed by atoms with E-state index in [0.29, 0.717) is 27.1 Å². The zero-order chi connectivity index (χ0) is 21.8. The summed E-state index contributed by atoms with van der Waals surface area (Å²) in [6.45, 7) is 3.93. The Kier molecular flexibility index (Phi) is 6.70. The zero-order valence-electron chi connectivity index (χ0n) is 17.0. The molecule has 0 aliphatic heterocycles. The van der Waals surface area contributed by atoms with Crippen LogP contribution in [0.4, 0.5) is 0 Å². The van der Waals surface area contributed by atoms with Crippen molar-refractivity contribution in [3.63, 3.8) is 0 Å². The van der Waals surface area contributed by atoms with Crippen molar-refractivity contribution >= 4 is 35.3 Å². The molecule has 2 aromatic carbocycles. The Balaban J connectivity index is 1.79. The fourth-order valence-electron chi connectivity index (χ4n) is 3.19. The number of hydrogen-bond acceptors (Lipinski definition) is 4. The largest absolute Gasteiger partial charge is 0.493 e. The number of hydrazone groups is 1. The Bertz CT molecular complexity index is 1100. The van der Waals surface area contributed by atoms with Crippen molar-refractivity contribution in [2.45, 2.75) is 13.8 Å². The van der Waals surface area contributed by atoms with Crippen LogP contribution in [0, 0.1) is 13.8 Å². The van der Waals surface area contributed by atoms with E-state index < -0.39 is 0 Å². The number of halogens is 2. The summed E-state index contributed by atoms with van der Waals surface area (Å²) in [4.78, 5) is 12.4. The van der Waals surface area contributed by atoms with E-state index in [0.717, 1.165) is 22.6 Å². The van der Waals surface area contributed by atoms with E-state index in [-0.39, 0.29) is 5.91 Å². The van der Waals surface area contributed by atoms with Crippen LogP contribution in [0.15, 0.2) is 47.6 Å². The lowest BCUT2D eigenvalue weighted by Gasteiger charge is -2.10. The van der Waals surface area contributed by atoms with Crippen molar-refractivity contribution < 1.29 is 14.3 Å². The average molecular weight is 446 g/mol. The molecule has 1 heterocycles. The van der Waals surface area contributed by atoms with Crippen LogP contribution >= 0.6 is 23.2 Å². The molecule has 6 nitrogen and oxygen atoms in total. The molecule has 0 spiro atoms. The monoisotopic (exact) mass is 445 g/mol. The summed E-state index contributed by atoms with van der Waals surface area (Å²) in [5.74, 6) is 0.659. The highest BCUT2D eigenvalue weighted by Crippen LogP contribution is 2.28. The minimum absolute atomic E-state index is 0.359. The number of aromatic nitrogens is 1. The zero-order valence-corrected chi connectivity index (χ0v) is 18.5. The minimum atomic E-state index is -0.359. The molecule has 0 bridgehead atoms. The standard InChI is InChI=1S/C22H21Cl2N3O3/c1-13-7-16(14(2)27(13)19-10-17(23)9-18(24)11-19)12-25-26-22(28)15-5-6-20(29-3)21(8-15)30-4/h5-12H,1-4H3,(H,26,28)/b25-12-. The van der Waals surface area contributed by atoms with Crippen molar-refractivity contribution in [1.29, 1.82) is 0 Å². The number of ether oxygens (including phenoxy) is 2. The van der Waals surface area contributed by atoms with Gasteiger partial charge in [-0.3, -0.25) is 4.79 Å². The van der Waals surface area contributed by atoms with Gasteiger partial charge in [0.25, 0.3) is 5.91 Å². The molecule has 0 saturated heterocycles. The molecule has 0 unspecified atom stereocenters. The van der Waals surface area contributed by atoms with Crippen LogP contribution in [-0.2, 0) is 0 Å². The third-order valence-corrected chi connectivity index (χ3v) is 5.03. The van der Waals surface area contributed by atoms with Crippen molar-refractivity contribution in [3.8, 4) is 17.2 Å². The van der Waals surface area contributed by atoms with Gasteiger partial charge in [0.15, 0.2) is 11.5 Å². The topological polar surface area (TPSA) is 64.8 Å². The van der Waals surface area contributed by atoms with Gasteiger partial charge in [0, 0.05) is 38.2 Å². The molecule has 0 radical (unpaired) electrons. The number of carbonyl (C=O) groups is 1. The van der Waals surface area contributed by atoms with Gasteiger partial charge < -0.3 is 14.0 Å². The Morgan fingerprint density at radius 3 is 2.30 bits per heavy atom. The molecule has 0 atom stereocenters. The molecule has 0 aliphatic rings.